The van der Waals surface area contributed by atoms with E-state index in [1.165, 1.54) is 21.8 Å². The zero-order valence-electron chi connectivity index (χ0n) is 17.3. The van der Waals surface area contributed by atoms with Crippen LogP contribution in [-0.4, -0.2) is 52.7 Å². The number of nitrogens with one attached hydrogen (secondary N) is 2. The number of hydrogen-bond donors (Lipinski definition) is 2. The van der Waals surface area contributed by atoms with Gasteiger partial charge in [0.2, 0.25) is 5.82 Å². The third kappa shape index (κ3) is 3.51. The van der Waals surface area contributed by atoms with Gasteiger partial charge in [0.1, 0.15) is 11.2 Å². The van der Waals surface area contributed by atoms with Crippen LogP contribution in [0.2, 0.25) is 0 Å². The second kappa shape index (κ2) is 7.08. The molecule has 0 saturated heterocycles. The Morgan fingerprint density at radius 2 is 2.18 bits per heavy atom. The maximum atomic E-state index is 12.4. The van der Waals surface area contributed by atoms with E-state index in [1.807, 2.05) is 0 Å². The number of quaternary nitrogens is 1. The molecule has 3 heterocycles. The van der Waals surface area contributed by atoms with Crippen molar-refractivity contribution in [2.24, 2.45) is 11.3 Å². The van der Waals surface area contributed by atoms with Gasteiger partial charge in [-0.2, -0.15) is 0 Å². The van der Waals surface area contributed by atoms with Crippen LogP contribution in [0.1, 0.15) is 48.3 Å². The van der Waals surface area contributed by atoms with Crippen LogP contribution in [-0.2, 0) is 12.8 Å². The number of aryl methyl sites for hydroxylation is 1. The van der Waals surface area contributed by atoms with Crippen LogP contribution in [0.25, 0.3) is 15.9 Å². The minimum absolute atomic E-state index is 0.214. The van der Waals surface area contributed by atoms with Crippen LogP contribution >= 0.6 is 11.3 Å². The summed E-state index contributed by atoms with van der Waals surface area (Å²) in [6.07, 6.45) is 4.99. The van der Waals surface area contributed by atoms with E-state index in [9.17, 15) is 4.79 Å². The Hall–Kier alpha value is -2.06. The Morgan fingerprint density at radius 1 is 1.39 bits per heavy atom. The lowest BCUT2D eigenvalue weighted by molar-refractivity contribution is -0.856. The molecule has 28 heavy (non-hydrogen) atoms. The number of carbonyl (C=O) groups is 1. The Morgan fingerprint density at radius 3 is 2.89 bits per heavy atom. The fourth-order valence-corrected chi connectivity index (χ4v) is 5.18. The van der Waals surface area contributed by atoms with E-state index in [4.69, 9.17) is 0 Å². The first kappa shape index (κ1) is 19.3. The Bertz CT molecular complexity index is 1030. The first-order valence-corrected chi connectivity index (χ1v) is 10.8. The predicted molar refractivity (Wildman–Crippen MR) is 111 cm³/mol. The summed E-state index contributed by atoms with van der Waals surface area (Å²) in [5.41, 5.74) is 2.42. The second-order valence-corrected chi connectivity index (χ2v) is 10.2. The average Bonchev–Trinajstić information content (AvgIpc) is 3.20. The average molecular weight is 402 g/mol. The normalized spacial score (nSPS) is 17.4. The highest BCUT2D eigenvalue weighted by atomic mass is 32.1. The summed E-state index contributed by atoms with van der Waals surface area (Å²) in [5, 5.41) is 8.36. The molecular weight excluding hydrogens is 372 g/mol. The number of amides is 1. The largest absolute Gasteiger partial charge is 0.344 e. The molecule has 0 bridgehead atoms. The summed E-state index contributed by atoms with van der Waals surface area (Å²) in [6.45, 7) is 8.44. The first-order chi connectivity index (χ1) is 13.2. The molecule has 2 N–H and O–H groups in total. The maximum Gasteiger partial charge on any atom is 0.291 e. The zero-order chi connectivity index (χ0) is 20.1. The monoisotopic (exact) mass is 401 g/mol. The summed E-state index contributed by atoms with van der Waals surface area (Å²) < 4.78 is 1.65. The number of rotatable bonds is 4. The molecule has 1 amide bonds. The minimum atomic E-state index is -0.227. The van der Waals surface area contributed by atoms with E-state index < -0.39 is 0 Å². The number of fused-ring (bicyclic) bond motifs is 5. The van der Waals surface area contributed by atoms with Gasteiger partial charge in [-0.05, 0) is 36.2 Å². The van der Waals surface area contributed by atoms with Gasteiger partial charge in [0, 0.05) is 4.88 Å². The molecule has 3 aromatic rings. The van der Waals surface area contributed by atoms with Gasteiger partial charge in [0.15, 0.2) is 5.65 Å². The highest BCUT2D eigenvalue weighted by molar-refractivity contribution is 7.19. The minimum Gasteiger partial charge on any atom is -0.344 e. The quantitative estimate of drug-likeness (QED) is 0.692. The van der Waals surface area contributed by atoms with Gasteiger partial charge in [-0.25, -0.2) is 14.5 Å². The van der Waals surface area contributed by atoms with Gasteiger partial charge in [0.05, 0.1) is 32.6 Å². The number of thiophene rings is 1. The van der Waals surface area contributed by atoms with Crippen LogP contribution in [0.4, 0.5) is 0 Å². The summed E-state index contributed by atoms with van der Waals surface area (Å²) in [6, 6.07) is 0. The molecule has 0 radical (unpaired) electrons. The predicted octanol–water partition coefficient (Wildman–Crippen LogP) is 1.36. The molecule has 7 nitrogen and oxygen atoms in total. The number of likely N-dealkylation sites (N-methyl/N-ethyl adjacent to an activating group) is 1. The van der Waals surface area contributed by atoms with E-state index in [0.717, 1.165) is 35.3 Å². The molecule has 1 aliphatic rings. The molecule has 1 atom stereocenters. The molecule has 0 saturated carbocycles. The Kier molecular flexibility index (Phi) is 4.87. The molecule has 0 aromatic carbocycles. The molecular formula is C20H29N6OS+. The molecule has 0 spiro atoms. The summed E-state index contributed by atoms with van der Waals surface area (Å²) in [4.78, 5) is 25.3. The SMILES string of the molecule is C[NH+](C)CCNC(=O)c1nc2c3c4c(sc3ncn2n1)C[C@@H](C(C)(C)C)CC4. The summed E-state index contributed by atoms with van der Waals surface area (Å²) in [5.74, 6) is 0.670. The molecule has 0 aliphatic heterocycles. The van der Waals surface area contributed by atoms with Crippen LogP contribution in [0.5, 0.6) is 0 Å². The van der Waals surface area contributed by atoms with Crippen molar-refractivity contribution in [3.8, 4) is 0 Å². The van der Waals surface area contributed by atoms with Crippen molar-refractivity contribution in [2.45, 2.75) is 40.0 Å². The van der Waals surface area contributed by atoms with E-state index >= 15 is 0 Å². The van der Waals surface area contributed by atoms with Gasteiger partial charge in [-0.1, -0.05) is 20.8 Å². The third-order valence-corrected chi connectivity index (χ3v) is 6.89. The van der Waals surface area contributed by atoms with Gasteiger partial charge in [0.25, 0.3) is 5.91 Å². The molecule has 0 fully saturated rings. The lowest BCUT2D eigenvalue weighted by Gasteiger charge is -2.33. The molecule has 1 aliphatic carbocycles. The highest BCUT2D eigenvalue weighted by Crippen LogP contribution is 2.43. The van der Waals surface area contributed by atoms with E-state index in [1.54, 1.807) is 22.2 Å². The lowest BCUT2D eigenvalue weighted by Crippen LogP contribution is -3.06. The Balaban J connectivity index is 1.68. The highest BCUT2D eigenvalue weighted by Gasteiger charge is 2.32. The van der Waals surface area contributed by atoms with Crippen molar-refractivity contribution in [3.05, 3.63) is 22.6 Å². The summed E-state index contributed by atoms with van der Waals surface area (Å²) >= 11 is 1.77. The smallest absolute Gasteiger partial charge is 0.291 e. The van der Waals surface area contributed by atoms with Crippen molar-refractivity contribution < 1.29 is 9.69 Å². The third-order valence-electron chi connectivity index (χ3n) is 5.72. The lowest BCUT2D eigenvalue weighted by atomic mass is 9.72. The molecule has 0 unspecified atom stereocenters. The fraction of sp³-hybridized carbons (Fsp3) is 0.600. The van der Waals surface area contributed by atoms with Crippen LogP contribution in [0, 0.1) is 11.3 Å². The number of carbonyl (C=O) groups excluding carboxylic acids is 1. The van der Waals surface area contributed by atoms with Crippen LogP contribution < -0.4 is 10.2 Å². The number of hydrogen-bond acceptors (Lipinski definition) is 5. The summed E-state index contributed by atoms with van der Waals surface area (Å²) in [7, 11) is 4.11. The maximum absolute atomic E-state index is 12.4. The van der Waals surface area contributed by atoms with Gasteiger partial charge in [-0.15, -0.1) is 16.4 Å². The molecule has 8 heteroatoms. The fourth-order valence-electron chi connectivity index (χ4n) is 3.91. The zero-order valence-corrected chi connectivity index (χ0v) is 18.1. The topological polar surface area (TPSA) is 76.6 Å². The first-order valence-electron chi connectivity index (χ1n) is 9.97. The number of nitrogens with zero attached hydrogens (tertiary/aromatic N) is 4. The second-order valence-electron chi connectivity index (χ2n) is 9.15. The molecule has 4 rings (SSSR count). The van der Waals surface area contributed by atoms with Crippen molar-refractivity contribution in [3.63, 3.8) is 0 Å². The van der Waals surface area contributed by atoms with E-state index in [2.05, 4.69) is 55.2 Å². The van der Waals surface area contributed by atoms with Crippen molar-refractivity contribution >= 4 is 33.1 Å². The van der Waals surface area contributed by atoms with Gasteiger partial charge < -0.3 is 10.2 Å². The van der Waals surface area contributed by atoms with Crippen LogP contribution in [0.3, 0.4) is 0 Å². The van der Waals surface area contributed by atoms with E-state index in [-0.39, 0.29) is 11.7 Å². The van der Waals surface area contributed by atoms with E-state index in [0.29, 0.717) is 17.9 Å². The number of aromatic nitrogens is 4. The molecule has 150 valence electrons. The molecule has 3 aromatic heterocycles. The van der Waals surface area contributed by atoms with Crippen molar-refractivity contribution in [2.75, 3.05) is 27.2 Å². The van der Waals surface area contributed by atoms with Gasteiger partial charge in [-0.3, -0.25) is 4.79 Å². The van der Waals surface area contributed by atoms with Crippen molar-refractivity contribution in [1.29, 1.82) is 0 Å². The van der Waals surface area contributed by atoms with Crippen molar-refractivity contribution in [1.82, 2.24) is 24.9 Å². The van der Waals surface area contributed by atoms with Gasteiger partial charge >= 0.3 is 0 Å². The Labute approximate surface area is 169 Å². The standard InChI is InChI=1S/C20H28N6OS/c1-20(2,3)12-6-7-13-14(10-12)28-19-15(13)17-23-16(24-26(17)11-22-19)18(27)21-8-9-25(4)5/h11-12H,6-10H2,1-5H3,(H,21,27)/p+1/t12-/m0/s1. The van der Waals surface area contributed by atoms with Crippen LogP contribution in [0.15, 0.2) is 6.33 Å².